The van der Waals surface area contributed by atoms with E-state index in [-0.39, 0.29) is 0 Å². The predicted octanol–water partition coefficient (Wildman–Crippen LogP) is 4.73. The van der Waals surface area contributed by atoms with Crippen LogP contribution in [0.3, 0.4) is 0 Å². The van der Waals surface area contributed by atoms with Crippen LogP contribution in [0, 0.1) is 0 Å². The number of rotatable bonds is 3. The molecule has 134 valence electrons. The lowest BCUT2D eigenvalue weighted by molar-refractivity contribution is 0.903. The Morgan fingerprint density at radius 2 is 1.21 bits per heavy atom. The van der Waals surface area contributed by atoms with E-state index in [4.69, 9.17) is 10.8 Å². The first-order valence-corrected chi connectivity index (χ1v) is 9.04. The molecule has 0 bridgehead atoms. The van der Waals surface area contributed by atoms with Gasteiger partial charge in [-0.25, -0.2) is 4.68 Å². The van der Waals surface area contributed by atoms with Crippen LogP contribution in [0.1, 0.15) is 0 Å². The lowest BCUT2D eigenvalue weighted by Crippen LogP contribution is -1.99. The highest BCUT2D eigenvalue weighted by Crippen LogP contribution is 2.37. The molecular formula is C23H17N5. The number of fused-ring (bicyclic) bond motifs is 1. The van der Waals surface area contributed by atoms with Gasteiger partial charge < -0.3 is 5.73 Å². The van der Waals surface area contributed by atoms with Gasteiger partial charge >= 0.3 is 0 Å². The number of hydrogen-bond donors (Lipinski definition) is 1. The summed E-state index contributed by atoms with van der Waals surface area (Å²) >= 11 is 0. The predicted molar refractivity (Wildman–Crippen MR) is 112 cm³/mol. The molecule has 5 heteroatoms. The van der Waals surface area contributed by atoms with Gasteiger partial charge in [0.2, 0.25) is 0 Å². The van der Waals surface area contributed by atoms with E-state index >= 15 is 0 Å². The van der Waals surface area contributed by atoms with Crippen molar-refractivity contribution in [2.75, 3.05) is 5.73 Å². The van der Waals surface area contributed by atoms with Crippen molar-refractivity contribution in [1.29, 1.82) is 0 Å². The normalized spacial score (nSPS) is 11.0. The summed E-state index contributed by atoms with van der Waals surface area (Å²) in [6.07, 6.45) is 0. The standard InChI is InChI=1S/C23H17N5/c24-23-19-21(20(25-26-23)16-10-4-1-5-11-16)27-28(18-14-8-3-9-15-18)22(19)17-12-6-2-7-13-17/h1-15H,(H2,24,26). The zero-order valence-corrected chi connectivity index (χ0v) is 15.0. The molecule has 0 aliphatic heterocycles. The van der Waals surface area contributed by atoms with Gasteiger partial charge in [0.25, 0.3) is 0 Å². The zero-order chi connectivity index (χ0) is 18.9. The molecule has 0 fully saturated rings. The summed E-state index contributed by atoms with van der Waals surface area (Å²) in [5.41, 5.74) is 11.6. The van der Waals surface area contributed by atoms with Gasteiger partial charge in [0, 0.05) is 11.1 Å². The van der Waals surface area contributed by atoms with Gasteiger partial charge in [-0.05, 0) is 12.1 Å². The molecule has 2 N–H and O–H groups in total. The lowest BCUT2D eigenvalue weighted by atomic mass is 10.1. The number of aromatic nitrogens is 4. The number of nitrogen functional groups attached to an aromatic ring is 1. The molecular weight excluding hydrogens is 346 g/mol. The van der Waals surface area contributed by atoms with Crippen LogP contribution in [-0.4, -0.2) is 20.0 Å². The Kier molecular flexibility index (Phi) is 3.84. The molecule has 0 amide bonds. The average Bonchev–Trinajstić information content (AvgIpc) is 3.17. The fraction of sp³-hybridized carbons (Fsp3) is 0. The van der Waals surface area contributed by atoms with Crippen LogP contribution in [0.25, 0.3) is 39.1 Å². The van der Waals surface area contributed by atoms with Crippen molar-refractivity contribution in [3.8, 4) is 28.2 Å². The summed E-state index contributed by atoms with van der Waals surface area (Å²) in [7, 11) is 0. The van der Waals surface area contributed by atoms with E-state index in [1.54, 1.807) is 0 Å². The summed E-state index contributed by atoms with van der Waals surface area (Å²) in [4.78, 5) is 0. The molecule has 2 heterocycles. The van der Waals surface area contributed by atoms with Crippen LogP contribution in [0.2, 0.25) is 0 Å². The molecule has 0 aliphatic carbocycles. The topological polar surface area (TPSA) is 69.6 Å². The van der Waals surface area contributed by atoms with Crippen molar-refractivity contribution in [1.82, 2.24) is 20.0 Å². The molecule has 28 heavy (non-hydrogen) atoms. The maximum atomic E-state index is 6.31. The van der Waals surface area contributed by atoms with E-state index in [0.29, 0.717) is 5.82 Å². The first-order valence-electron chi connectivity index (χ1n) is 9.04. The highest BCUT2D eigenvalue weighted by molar-refractivity contribution is 6.05. The maximum Gasteiger partial charge on any atom is 0.157 e. The lowest BCUT2D eigenvalue weighted by Gasteiger charge is -2.08. The van der Waals surface area contributed by atoms with Gasteiger partial charge in [0.15, 0.2) is 5.82 Å². The summed E-state index contributed by atoms with van der Waals surface area (Å²) in [6.45, 7) is 0. The number of benzene rings is 3. The van der Waals surface area contributed by atoms with Gasteiger partial charge in [-0.15, -0.1) is 10.2 Å². The van der Waals surface area contributed by atoms with E-state index in [0.717, 1.165) is 39.1 Å². The van der Waals surface area contributed by atoms with Gasteiger partial charge in [-0.3, -0.25) is 0 Å². The third-order valence-corrected chi connectivity index (χ3v) is 4.72. The molecule has 2 aromatic heterocycles. The minimum absolute atomic E-state index is 0.371. The van der Waals surface area contributed by atoms with Crippen molar-refractivity contribution in [3.63, 3.8) is 0 Å². The fourth-order valence-electron chi connectivity index (χ4n) is 3.44. The number of nitrogens with zero attached hydrogens (tertiary/aromatic N) is 4. The van der Waals surface area contributed by atoms with Crippen molar-refractivity contribution in [3.05, 3.63) is 91.0 Å². The van der Waals surface area contributed by atoms with E-state index in [1.807, 2.05) is 83.5 Å². The second kappa shape index (κ2) is 6.63. The summed E-state index contributed by atoms with van der Waals surface area (Å²) in [6, 6.07) is 30.1. The van der Waals surface area contributed by atoms with Crippen LogP contribution in [0.5, 0.6) is 0 Å². The van der Waals surface area contributed by atoms with Gasteiger partial charge in [0.05, 0.1) is 16.8 Å². The van der Waals surface area contributed by atoms with Crippen molar-refractivity contribution in [2.24, 2.45) is 0 Å². The van der Waals surface area contributed by atoms with Gasteiger partial charge in [0.1, 0.15) is 11.2 Å². The Balaban J connectivity index is 1.90. The Morgan fingerprint density at radius 1 is 0.643 bits per heavy atom. The van der Waals surface area contributed by atoms with Crippen LogP contribution >= 0.6 is 0 Å². The van der Waals surface area contributed by atoms with Gasteiger partial charge in [-0.1, -0.05) is 78.9 Å². The molecule has 0 saturated heterocycles. The van der Waals surface area contributed by atoms with E-state index in [1.165, 1.54) is 0 Å². The van der Waals surface area contributed by atoms with Crippen molar-refractivity contribution < 1.29 is 0 Å². The average molecular weight is 363 g/mol. The molecule has 3 aromatic carbocycles. The molecule has 5 aromatic rings. The SMILES string of the molecule is Nc1nnc(-c2ccccc2)c2nn(-c3ccccc3)c(-c3ccccc3)c12. The van der Waals surface area contributed by atoms with Crippen LogP contribution in [0.4, 0.5) is 5.82 Å². The first-order chi connectivity index (χ1) is 13.8. The smallest absolute Gasteiger partial charge is 0.157 e. The highest BCUT2D eigenvalue weighted by Gasteiger charge is 2.21. The summed E-state index contributed by atoms with van der Waals surface area (Å²) < 4.78 is 1.92. The van der Waals surface area contributed by atoms with Crippen LogP contribution in [0.15, 0.2) is 91.0 Å². The third-order valence-electron chi connectivity index (χ3n) is 4.72. The van der Waals surface area contributed by atoms with E-state index in [9.17, 15) is 0 Å². The largest absolute Gasteiger partial charge is 0.382 e. The molecule has 0 radical (unpaired) electrons. The second-order valence-electron chi connectivity index (χ2n) is 6.49. The number of anilines is 1. The molecule has 0 saturated carbocycles. The number of hydrogen-bond acceptors (Lipinski definition) is 4. The molecule has 0 unspecified atom stereocenters. The van der Waals surface area contributed by atoms with Crippen molar-refractivity contribution in [2.45, 2.75) is 0 Å². The molecule has 0 spiro atoms. The molecule has 5 nitrogen and oxygen atoms in total. The summed E-state index contributed by atoms with van der Waals surface area (Å²) in [5, 5.41) is 14.4. The van der Waals surface area contributed by atoms with E-state index in [2.05, 4.69) is 22.3 Å². The Morgan fingerprint density at radius 3 is 1.86 bits per heavy atom. The number of nitrogens with two attached hydrogens (primary N) is 1. The summed E-state index contributed by atoms with van der Waals surface area (Å²) in [5.74, 6) is 0.371. The molecule has 0 atom stereocenters. The monoisotopic (exact) mass is 363 g/mol. The van der Waals surface area contributed by atoms with Crippen molar-refractivity contribution >= 4 is 16.7 Å². The number of para-hydroxylation sites is 1. The zero-order valence-electron chi connectivity index (χ0n) is 15.0. The maximum absolute atomic E-state index is 6.31. The Bertz CT molecular complexity index is 1250. The van der Waals surface area contributed by atoms with Crippen LogP contribution in [-0.2, 0) is 0 Å². The third kappa shape index (κ3) is 2.61. The fourth-order valence-corrected chi connectivity index (χ4v) is 3.44. The van der Waals surface area contributed by atoms with E-state index < -0.39 is 0 Å². The van der Waals surface area contributed by atoms with Crippen LogP contribution < -0.4 is 5.73 Å². The highest BCUT2D eigenvalue weighted by atomic mass is 15.3. The Labute approximate surface area is 162 Å². The second-order valence-corrected chi connectivity index (χ2v) is 6.49. The minimum atomic E-state index is 0.371. The molecule has 0 aliphatic rings. The Hall–Kier alpha value is -3.99. The minimum Gasteiger partial charge on any atom is -0.382 e. The first kappa shape index (κ1) is 16.2. The molecule has 5 rings (SSSR count). The quantitative estimate of drug-likeness (QED) is 0.503. The van der Waals surface area contributed by atoms with Gasteiger partial charge in [-0.2, -0.15) is 5.10 Å².